The maximum absolute atomic E-state index is 13.4. The van der Waals surface area contributed by atoms with Crippen LogP contribution in [0, 0.1) is 17.8 Å². The lowest BCUT2D eigenvalue weighted by molar-refractivity contribution is -0.297. The molecule has 34 heavy (non-hydrogen) atoms. The molecule has 0 radical (unpaired) electrons. The van der Waals surface area contributed by atoms with Gasteiger partial charge in [0.1, 0.15) is 5.82 Å². The SMILES string of the molecule is C[C@@H](c1ccc2nc([C@@H](N)C3CCC(F)(F)CC3)[nH]c2c1)C(C(N)=O)C(C(F)(F)F)C(F)(F)F. The number of halogens is 8. The average Bonchev–Trinajstić information content (AvgIpc) is 3.12. The number of hydrogen-bond donors (Lipinski definition) is 3. The second-order valence-electron chi connectivity index (χ2n) is 8.90. The van der Waals surface area contributed by atoms with Crippen LogP contribution < -0.4 is 11.5 Å². The fraction of sp³-hybridized carbons (Fsp3) is 0.619. The second kappa shape index (κ2) is 8.97. The molecule has 0 spiro atoms. The molecule has 3 rings (SSSR count). The lowest BCUT2D eigenvalue weighted by Gasteiger charge is -2.32. The summed E-state index contributed by atoms with van der Waals surface area (Å²) in [7, 11) is 0. The van der Waals surface area contributed by atoms with E-state index >= 15 is 0 Å². The van der Waals surface area contributed by atoms with E-state index < -0.39 is 48.0 Å². The third kappa shape index (κ3) is 5.44. The highest BCUT2D eigenvalue weighted by molar-refractivity contribution is 5.80. The van der Waals surface area contributed by atoms with Gasteiger partial charge in [0.2, 0.25) is 11.8 Å². The van der Waals surface area contributed by atoms with Gasteiger partial charge in [-0.15, -0.1) is 0 Å². The quantitative estimate of drug-likeness (QED) is 0.468. The molecule has 13 heteroatoms. The van der Waals surface area contributed by atoms with Crippen LogP contribution in [0.5, 0.6) is 0 Å². The summed E-state index contributed by atoms with van der Waals surface area (Å²) in [4.78, 5) is 18.9. The second-order valence-corrected chi connectivity index (χ2v) is 8.90. The Hall–Kier alpha value is -2.44. The lowest BCUT2D eigenvalue weighted by atomic mass is 9.77. The van der Waals surface area contributed by atoms with Crippen molar-refractivity contribution in [2.45, 2.75) is 62.8 Å². The van der Waals surface area contributed by atoms with Crippen molar-refractivity contribution in [2.75, 3.05) is 0 Å². The average molecular weight is 500 g/mol. The number of nitrogens with two attached hydrogens (primary N) is 2. The molecule has 1 aromatic heterocycles. The fourth-order valence-corrected chi connectivity index (χ4v) is 4.63. The van der Waals surface area contributed by atoms with Gasteiger partial charge in [0.25, 0.3) is 0 Å². The molecule has 0 saturated heterocycles. The standard InChI is InChI=1S/C21H24F8N4O/c1-9(14(17(31)34)16(20(24,25)26)21(27,28)29)11-2-3-12-13(8-11)33-18(32-12)15(30)10-4-6-19(22,23)7-5-10/h2-3,8-10,14-16H,4-7,30H2,1H3,(H2,31,34)(H,32,33)/t9-,14?,15-/m0/s1. The van der Waals surface area contributed by atoms with Crippen molar-refractivity contribution < 1.29 is 39.9 Å². The minimum absolute atomic E-state index is 0.0101. The first kappa shape index (κ1) is 26.2. The highest BCUT2D eigenvalue weighted by Crippen LogP contribution is 2.48. The van der Waals surface area contributed by atoms with E-state index in [1.54, 1.807) is 0 Å². The van der Waals surface area contributed by atoms with Crippen molar-refractivity contribution in [1.82, 2.24) is 9.97 Å². The Morgan fingerprint density at radius 2 is 1.68 bits per heavy atom. The zero-order chi connectivity index (χ0) is 25.6. The molecule has 1 aromatic carbocycles. The maximum Gasteiger partial charge on any atom is 0.401 e. The van der Waals surface area contributed by atoms with Gasteiger partial charge in [-0.05, 0) is 42.4 Å². The van der Waals surface area contributed by atoms with Gasteiger partial charge in [-0.2, -0.15) is 26.3 Å². The lowest BCUT2D eigenvalue weighted by Crippen LogP contribution is -2.48. The summed E-state index contributed by atoms with van der Waals surface area (Å²) < 4.78 is 106. The molecule has 2 aromatic rings. The first-order chi connectivity index (χ1) is 15.5. The van der Waals surface area contributed by atoms with E-state index in [2.05, 4.69) is 9.97 Å². The summed E-state index contributed by atoms with van der Waals surface area (Å²) in [6, 6.07) is 3.22. The highest BCUT2D eigenvalue weighted by atomic mass is 19.4. The minimum atomic E-state index is -5.74. The van der Waals surface area contributed by atoms with Gasteiger partial charge in [-0.25, -0.2) is 13.8 Å². The number of aromatic nitrogens is 2. The first-order valence-electron chi connectivity index (χ1n) is 10.6. The monoisotopic (exact) mass is 500 g/mol. The molecule has 0 bridgehead atoms. The fourth-order valence-electron chi connectivity index (χ4n) is 4.63. The number of aromatic amines is 1. The van der Waals surface area contributed by atoms with E-state index in [0.717, 1.165) is 6.92 Å². The van der Waals surface area contributed by atoms with Crippen LogP contribution in [0.1, 0.15) is 56.0 Å². The Kier molecular flexibility index (Phi) is 6.90. The number of rotatable bonds is 6. The van der Waals surface area contributed by atoms with Gasteiger partial charge < -0.3 is 16.5 Å². The molecule has 1 heterocycles. The zero-order valence-electron chi connectivity index (χ0n) is 18.0. The van der Waals surface area contributed by atoms with E-state index in [-0.39, 0.29) is 48.5 Å². The number of benzene rings is 1. The van der Waals surface area contributed by atoms with Crippen LogP contribution in [-0.2, 0) is 4.79 Å². The number of alkyl halides is 8. The predicted molar refractivity (Wildman–Crippen MR) is 107 cm³/mol. The van der Waals surface area contributed by atoms with Crippen molar-refractivity contribution >= 4 is 16.9 Å². The number of primary amides is 1. The minimum Gasteiger partial charge on any atom is -0.369 e. The van der Waals surface area contributed by atoms with Gasteiger partial charge >= 0.3 is 12.4 Å². The predicted octanol–water partition coefficient (Wildman–Crippen LogP) is 5.33. The van der Waals surface area contributed by atoms with Crippen LogP contribution >= 0.6 is 0 Å². The van der Waals surface area contributed by atoms with Crippen LogP contribution in [0.2, 0.25) is 0 Å². The van der Waals surface area contributed by atoms with Gasteiger partial charge in [0.05, 0.1) is 23.0 Å². The van der Waals surface area contributed by atoms with E-state index in [1.807, 2.05) is 0 Å². The van der Waals surface area contributed by atoms with E-state index in [0.29, 0.717) is 5.52 Å². The van der Waals surface area contributed by atoms with Crippen molar-refractivity contribution in [2.24, 2.45) is 29.2 Å². The molecule has 5 nitrogen and oxygen atoms in total. The Bertz CT molecular complexity index is 1010. The van der Waals surface area contributed by atoms with Gasteiger partial charge in [-0.1, -0.05) is 13.0 Å². The third-order valence-corrected chi connectivity index (χ3v) is 6.57. The summed E-state index contributed by atoms with van der Waals surface area (Å²) in [5.41, 5.74) is 11.8. The highest BCUT2D eigenvalue weighted by Gasteiger charge is 2.62. The first-order valence-corrected chi connectivity index (χ1v) is 10.6. The summed E-state index contributed by atoms with van der Waals surface area (Å²) in [6.07, 6.45) is -11.7. The summed E-state index contributed by atoms with van der Waals surface area (Å²) in [6.45, 7) is 1.06. The number of fused-ring (bicyclic) bond motifs is 1. The number of H-pyrrole nitrogens is 1. The van der Waals surface area contributed by atoms with Crippen LogP contribution in [-0.4, -0.2) is 34.2 Å². The molecule has 1 amide bonds. The normalized spacial score (nSPS) is 20.4. The Morgan fingerprint density at radius 3 is 2.18 bits per heavy atom. The van der Waals surface area contributed by atoms with E-state index in [1.165, 1.54) is 18.2 Å². The van der Waals surface area contributed by atoms with Crippen LogP contribution in [0.25, 0.3) is 11.0 Å². The largest absolute Gasteiger partial charge is 0.401 e. The number of nitrogens with one attached hydrogen (secondary N) is 1. The number of carbonyl (C=O) groups excluding carboxylic acids is 1. The molecular formula is C21H24F8N4O. The molecule has 1 aliphatic carbocycles. The van der Waals surface area contributed by atoms with Gasteiger partial charge in [0.15, 0.2) is 5.92 Å². The summed E-state index contributed by atoms with van der Waals surface area (Å²) in [5.74, 6) is -12.5. The van der Waals surface area contributed by atoms with E-state index in [9.17, 15) is 39.9 Å². The zero-order valence-corrected chi connectivity index (χ0v) is 18.0. The van der Waals surface area contributed by atoms with Crippen molar-refractivity contribution in [3.8, 4) is 0 Å². The van der Waals surface area contributed by atoms with Crippen molar-refractivity contribution in [1.29, 1.82) is 0 Å². The number of hydrogen-bond acceptors (Lipinski definition) is 3. The number of amides is 1. The summed E-state index contributed by atoms with van der Waals surface area (Å²) >= 11 is 0. The van der Waals surface area contributed by atoms with Gasteiger partial charge in [-0.3, -0.25) is 4.79 Å². The third-order valence-electron chi connectivity index (χ3n) is 6.57. The topological polar surface area (TPSA) is 97.8 Å². The number of carbonyl (C=O) groups is 1. The maximum atomic E-state index is 13.4. The smallest absolute Gasteiger partial charge is 0.369 e. The van der Waals surface area contributed by atoms with Crippen molar-refractivity contribution in [3.63, 3.8) is 0 Å². The Labute approximate surface area is 189 Å². The number of imidazole rings is 1. The Morgan fingerprint density at radius 1 is 1.12 bits per heavy atom. The van der Waals surface area contributed by atoms with Crippen LogP contribution in [0.3, 0.4) is 0 Å². The molecule has 0 aliphatic heterocycles. The van der Waals surface area contributed by atoms with Crippen molar-refractivity contribution in [3.05, 3.63) is 29.6 Å². The van der Waals surface area contributed by atoms with Crippen LogP contribution in [0.15, 0.2) is 18.2 Å². The molecule has 190 valence electrons. The molecular weight excluding hydrogens is 476 g/mol. The molecule has 1 saturated carbocycles. The molecule has 3 atom stereocenters. The molecule has 1 fully saturated rings. The molecule has 1 aliphatic rings. The number of nitrogens with zero attached hydrogens (tertiary/aromatic N) is 1. The van der Waals surface area contributed by atoms with Gasteiger partial charge in [0, 0.05) is 12.8 Å². The molecule has 5 N–H and O–H groups in total. The summed E-state index contributed by atoms with van der Waals surface area (Å²) in [5, 5.41) is 0. The van der Waals surface area contributed by atoms with E-state index in [4.69, 9.17) is 11.5 Å². The van der Waals surface area contributed by atoms with Crippen LogP contribution in [0.4, 0.5) is 35.1 Å². The Balaban J connectivity index is 1.90. The molecule has 1 unspecified atom stereocenters.